The lowest BCUT2D eigenvalue weighted by Crippen LogP contribution is -2.60. The molecule has 5 aromatic heterocycles. The Bertz CT molecular complexity index is 2240. The Hall–Kier alpha value is -5.46. The van der Waals surface area contributed by atoms with E-state index in [1.165, 1.54) is 12.8 Å². The molecule has 1 spiro atoms. The molecule has 4 saturated heterocycles. The van der Waals surface area contributed by atoms with Gasteiger partial charge in [-0.3, -0.25) is 19.9 Å². The molecule has 5 aromatic rings. The zero-order valence-electron chi connectivity index (χ0n) is 30.2. The molecule has 0 bridgehead atoms. The molecule has 0 aliphatic carbocycles. The summed E-state index contributed by atoms with van der Waals surface area (Å²) in [5, 5.41) is 30.4. The number of rotatable bonds is 8. The summed E-state index contributed by atoms with van der Waals surface area (Å²) in [6, 6.07) is 13.9. The highest BCUT2D eigenvalue weighted by atomic mass is 32.1. The van der Waals surface area contributed by atoms with Crippen LogP contribution in [0.1, 0.15) is 55.6 Å². The van der Waals surface area contributed by atoms with Crippen LogP contribution >= 0.6 is 11.3 Å². The standard InChI is InChI=1S/C39H42N12O2S/c1-41-31-17-32(33-5-3-28-16-26(18-40)19-44-51(28)33)42-21-30(31)37-46-47-38(54-37)50-23-39(24-50)10-14-48(15-11-39)22-25-8-12-49(13-9-25)34-6-2-27(20-43-34)29-4-7-35(52)45-36(29)53/h2-3,5-6,16-17,19-21,25,29H,4,7-15,22-24H2,1H3,(H,41,42)(H,45,52,53)/t29-/m1/s1. The van der Waals surface area contributed by atoms with Gasteiger partial charge in [0.1, 0.15) is 11.9 Å². The van der Waals surface area contributed by atoms with E-state index in [-0.39, 0.29) is 17.7 Å². The summed E-state index contributed by atoms with van der Waals surface area (Å²) < 4.78 is 1.80. The highest BCUT2D eigenvalue weighted by Crippen LogP contribution is 2.45. The number of carbonyl (C=O) groups is 2. The maximum Gasteiger partial charge on any atom is 0.234 e. The van der Waals surface area contributed by atoms with Crippen molar-refractivity contribution in [2.24, 2.45) is 11.3 Å². The topological polar surface area (TPSA) is 161 Å². The molecule has 4 aliphatic rings. The van der Waals surface area contributed by atoms with E-state index in [0.717, 1.165) is 108 Å². The van der Waals surface area contributed by atoms with Gasteiger partial charge in [0.2, 0.25) is 16.9 Å². The molecular formula is C39H42N12O2S. The first-order valence-corrected chi connectivity index (χ1v) is 19.6. The fourth-order valence-corrected chi connectivity index (χ4v) is 9.48. The number of carbonyl (C=O) groups excluding carboxylic acids is 2. The van der Waals surface area contributed by atoms with Crippen molar-refractivity contribution in [3.8, 4) is 28.0 Å². The number of fused-ring (bicyclic) bond motifs is 1. The average molecular weight is 743 g/mol. The third-order valence-electron chi connectivity index (χ3n) is 11.8. The van der Waals surface area contributed by atoms with Crippen molar-refractivity contribution in [3.05, 3.63) is 66.1 Å². The molecule has 0 saturated carbocycles. The third kappa shape index (κ3) is 6.53. The number of nitrogens with one attached hydrogen (secondary N) is 2. The highest BCUT2D eigenvalue weighted by molar-refractivity contribution is 7.18. The minimum absolute atomic E-state index is 0.192. The van der Waals surface area contributed by atoms with Gasteiger partial charge in [-0.2, -0.15) is 10.4 Å². The number of piperidine rings is 3. The van der Waals surface area contributed by atoms with E-state index < -0.39 is 0 Å². The molecule has 9 heterocycles. The van der Waals surface area contributed by atoms with Crippen molar-refractivity contribution >= 4 is 45.3 Å². The SMILES string of the molecule is CNc1cc(-c2ccc3cc(C#N)cnn23)ncc1-c1nnc(N2CC3(CCN(CC4CCN(c5ccc([C@H]6CCC(=O)NC6=O)cn5)CC4)CC3)C2)s1. The number of amides is 2. The van der Waals surface area contributed by atoms with Crippen molar-refractivity contribution in [1.29, 1.82) is 5.26 Å². The van der Waals surface area contributed by atoms with Gasteiger partial charge in [-0.25, -0.2) is 9.50 Å². The molecule has 2 N–H and O–H groups in total. The van der Waals surface area contributed by atoms with Gasteiger partial charge in [0.05, 0.1) is 40.1 Å². The van der Waals surface area contributed by atoms with E-state index in [1.54, 1.807) is 22.0 Å². The Morgan fingerprint density at radius 2 is 1.80 bits per heavy atom. The Morgan fingerprint density at radius 3 is 2.54 bits per heavy atom. The van der Waals surface area contributed by atoms with Crippen molar-refractivity contribution < 1.29 is 9.59 Å². The van der Waals surface area contributed by atoms with Crippen LogP contribution in [-0.4, -0.2) is 99.4 Å². The van der Waals surface area contributed by atoms with Gasteiger partial charge >= 0.3 is 0 Å². The largest absolute Gasteiger partial charge is 0.387 e. The van der Waals surface area contributed by atoms with Crippen LogP contribution in [0.2, 0.25) is 0 Å². The molecule has 9 rings (SSSR count). The highest BCUT2D eigenvalue weighted by Gasteiger charge is 2.46. The maximum atomic E-state index is 12.3. The van der Waals surface area contributed by atoms with Crippen molar-refractivity contribution in [1.82, 2.24) is 40.0 Å². The van der Waals surface area contributed by atoms with Gasteiger partial charge in [0.25, 0.3) is 0 Å². The lowest BCUT2D eigenvalue weighted by atomic mass is 9.72. The van der Waals surface area contributed by atoms with Gasteiger partial charge in [0, 0.05) is 69.7 Å². The number of aromatic nitrogens is 6. The first-order valence-electron chi connectivity index (χ1n) is 18.8. The molecule has 15 heteroatoms. The molecule has 14 nitrogen and oxygen atoms in total. The lowest BCUT2D eigenvalue weighted by Gasteiger charge is -2.54. The van der Waals surface area contributed by atoms with E-state index in [0.29, 0.717) is 29.7 Å². The number of nitrogens with zero attached hydrogens (tertiary/aromatic N) is 10. The van der Waals surface area contributed by atoms with Crippen LogP contribution in [0.3, 0.4) is 0 Å². The van der Waals surface area contributed by atoms with Crippen molar-refractivity contribution in [3.63, 3.8) is 0 Å². The first-order chi connectivity index (χ1) is 26.4. The Balaban J connectivity index is 0.750. The first kappa shape index (κ1) is 34.3. The number of nitriles is 1. The third-order valence-corrected chi connectivity index (χ3v) is 12.8. The molecule has 4 fully saturated rings. The minimum atomic E-state index is -0.294. The second-order valence-corrected chi connectivity index (χ2v) is 16.2. The van der Waals surface area contributed by atoms with E-state index in [1.807, 2.05) is 55.8 Å². The second kappa shape index (κ2) is 14.1. The number of hydrogen-bond acceptors (Lipinski definition) is 13. The molecule has 2 amide bonds. The Labute approximate surface area is 317 Å². The fourth-order valence-electron chi connectivity index (χ4n) is 8.62. The van der Waals surface area contributed by atoms with Gasteiger partial charge in [-0.05, 0) is 87.0 Å². The summed E-state index contributed by atoms with van der Waals surface area (Å²) in [4.78, 5) is 40.7. The van der Waals surface area contributed by atoms with E-state index in [9.17, 15) is 14.9 Å². The van der Waals surface area contributed by atoms with Gasteiger partial charge in [-0.1, -0.05) is 17.4 Å². The molecule has 276 valence electrons. The second-order valence-electron chi connectivity index (χ2n) is 15.2. The van der Waals surface area contributed by atoms with Crippen LogP contribution < -0.4 is 20.4 Å². The lowest BCUT2D eigenvalue weighted by molar-refractivity contribution is -0.134. The smallest absolute Gasteiger partial charge is 0.234 e. The van der Waals surface area contributed by atoms with Crippen molar-refractivity contribution in [2.45, 2.75) is 44.4 Å². The Morgan fingerprint density at radius 1 is 0.963 bits per heavy atom. The summed E-state index contributed by atoms with van der Waals surface area (Å²) in [5.41, 5.74) is 6.07. The number of likely N-dealkylation sites (tertiary alicyclic amines) is 1. The molecule has 1 atom stereocenters. The number of pyridine rings is 2. The van der Waals surface area contributed by atoms with Crippen LogP contribution in [0.15, 0.2) is 55.0 Å². The van der Waals surface area contributed by atoms with Crippen molar-refractivity contribution in [2.75, 3.05) is 68.0 Å². The number of imide groups is 1. The van der Waals surface area contributed by atoms with Crippen LogP contribution in [0.25, 0.3) is 27.5 Å². The summed E-state index contributed by atoms with van der Waals surface area (Å²) in [5.74, 6) is 0.959. The predicted molar refractivity (Wildman–Crippen MR) is 206 cm³/mol. The van der Waals surface area contributed by atoms with Gasteiger partial charge in [0.15, 0.2) is 5.01 Å². The summed E-state index contributed by atoms with van der Waals surface area (Å²) in [6.45, 7) is 7.50. The van der Waals surface area contributed by atoms with Crippen LogP contribution in [-0.2, 0) is 9.59 Å². The monoisotopic (exact) mass is 742 g/mol. The van der Waals surface area contributed by atoms with E-state index in [2.05, 4.69) is 46.7 Å². The number of hydrogen-bond donors (Lipinski definition) is 2. The quantitative estimate of drug-likeness (QED) is 0.214. The molecule has 4 aliphatic heterocycles. The van der Waals surface area contributed by atoms with E-state index in [4.69, 9.17) is 9.97 Å². The normalized spacial score (nSPS) is 20.6. The average Bonchev–Trinajstić information content (AvgIpc) is 3.85. The van der Waals surface area contributed by atoms with Gasteiger partial charge in [-0.15, -0.1) is 10.2 Å². The van der Waals surface area contributed by atoms with Crippen LogP contribution in [0.4, 0.5) is 16.6 Å². The molecule has 0 aromatic carbocycles. The molecule has 0 unspecified atom stereocenters. The summed E-state index contributed by atoms with van der Waals surface area (Å²) in [7, 11) is 1.90. The molecule has 54 heavy (non-hydrogen) atoms. The minimum Gasteiger partial charge on any atom is -0.387 e. The summed E-state index contributed by atoms with van der Waals surface area (Å²) in [6.07, 6.45) is 10.9. The predicted octanol–water partition coefficient (Wildman–Crippen LogP) is 4.56. The maximum absolute atomic E-state index is 12.3. The Kier molecular flexibility index (Phi) is 8.94. The van der Waals surface area contributed by atoms with Crippen LogP contribution in [0.5, 0.6) is 0 Å². The summed E-state index contributed by atoms with van der Waals surface area (Å²) >= 11 is 1.62. The fraction of sp³-hybridized carbons (Fsp3) is 0.436. The number of anilines is 3. The van der Waals surface area contributed by atoms with Gasteiger partial charge < -0.3 is 20.0 Å². The zero-order valence-corrected chi connectivity index (χ0v) is 31.1. The molecular weight excluding hydrogens is 701 g/mol. The van der Waals surface area contributed by atoms with E-state index >= 15 is 0 Å². The zero-order chi connectivity index (χ0) is 36.8. The van der Waals surface area contributed by atoms with Crippen LogP contribution in [0, 0.1) is 22.7 Å². The molecule has 0 radical (unpaired) electrons.